The normalized spacial score (nSPS) is 11.2. The molecule has 0 aliphatic heterocycles. The highest BCUT2D eigenvalue weighted by atomic mass is 32.1. The summed E-state index contributed by atoms with van der Waals surface area (Å²) in [6.07, 6.45) is 3.29. The summed E-state index contributed by atoms with van der Waals surface area (Å²) in [5, 5.41) is 2.48. The molecule has 3 aromatic heterocycles. The van der Waals surface area contributed by atoms with Crippen LogP contribution in [-0.4, -0.2) is 21.2 Å². The first-order valence-electron chi connectivity index (χ1n) is 8.24. The number of aromatic nitrogens is 3. The summed E-state index contributed by atoms with van der Waals surface area (Å²) in [6, 6.07) is 11.6. The second-order valence-corrected chi connectivity index (χ2v) is 6.88. The molecule has 0 unspecified atom stereocenters. The van der Waals surface area contributed by atoms with Gasteiger partial charge in [0.25, 0.3) is 5.56 Å². The third-order valence-corrected chi connectivity index (χ3v) is 5.16. The molecule has 4 rings (SSSR count). The van der Waals surface area contributed by atoms with Gasteiger partial charge in [-0.05, 0) is 24.6 Å². The van der Waals surface area contributed by atoms with Gasteiger partial charge in [-0.15, -0.1) is 11.3 Å². The molecule has 1 aromatic carbocycles. The van der Waals surface area contributed by atoms with Crippen molar-refractivity contribution in [3.8, 4) is 22.5 Å². The van der Waals surface area contributed by atoms with Gasteiger partial charge in [-0.3, -0.25) is 14.3 Å². The van der Waals surface area contributed by atoms with Crippen LogP contribution in [0.25, 0.3) is 32.7 Å². The fraction of sp³-hybridized carbons (Fsp3) is 0.150. The molecule has 0 amide bonds. The molecular weight excluding hydrogens is 349 g/mol. The molecule has 4 aromatic rings. The van der Waals surface area contributed by atoms with Gasteiger partial charge in [-0.25, -0.2) is 9.37 Å². The standard InChI is InChI=1S/C20H16FN3OS/c1-13-4-6-14(7-5-13)16-12-26-19-17(16)20(25)24(10-8-21)18(23-19)15-3-2-9-22-11-15/h2-7,9,11-12H,8,10H2,1H3. The van der Waals surface area contributed by atoms with Crippen LogP contribution < -0.4 is 5.56 Å². The summed E-state index contributed by atoms with van der Waals surface area (Å²) in [7, 11) is 0. The van der Waals surface area contributed by atoms with Crippen molar-refractivity contribution in [2.75, 3.05) is 6.67 Å². The number of benzene rings is 1. The molecule has 0 bridgehead atoms. The van der Waals surface area contributed by atoms with Crippen LogP contribution in [0.3, 0.4) is 0 Å². The van der Waals surface area contributed by atoms with Crippen molar-refractivity contribution >= 4 is 21.6 Å². The van der Waals surface area contributed by atoms with Crippen molar-refractivity contribution in [1.29, 1.82) is 0 Å². The topological polar surface area (TPSA) is 47.8 Å². The van der Waals surface area contributed by atoms with E-state index in [2.05, 4.69) is 9.97 Å². The summed E-state index contributed by atoms with van der Waals surface area (Å²) in [6.45, 7) is 1.35. The van der Waals surface area contributed by atoms with Crippen molar-refractivity contribution in [1.82, 2.24) is 14.5 Å². The average Bonchev–Trinajstić information content (AvgIpc) is 3.09. The maximum Gasteiger partial charge on any atom is 0.263 e. The lowest BCUT2D eigenvalue weighted by Crippen LogP contribution is -2.24. The monoisotopic (exact) mass is 365 g/mol. The molecule has 130 valence electrons. The van der Waals surface area contributed by atoms with Crippen molar-refractivity contribution in [2.24, 2.45) is 0 Å². The first kappa shape index (κ1) is 16.6. The van der Waals surface area contributed by atoms with Crippen molar-refractivity contribution < 1.29 is 4.39 Å². The van der Waals surface area contributed by atoms with Gasteiger partial charge in [0.2, 0.25) is 0 Å². The predicted molar refractivity (Wildman–Crippen MR) is 103 cm³/mol. The Hall–Kier alpha value is -2.86. The zero-order valence-electron chi connectivity index (χ0n) is 14.1. The molecule has 0 fully saturated rings. The number of fused-ring (bicyclic) bond motifs is 1. The van der Waals surface area contributed by atoms with Crippen LogP contribution in [0.15, 0.2) is 59.0 Å². The van der Waals surface area contributed by atoms with Gasteiger partial charge < -0.3 is 0 Å². The van der Waals surface area contributed by atoms with Crippen LogP contribution in [0.5, 0.6) is 0 Å². The summed E-state index contributed by atoms with van der Waals surface area (Å²) < 4.78 is 14.6. The number of hydrogen-bond donors (Lipinski definition) is 0. The minimum Gasteiger partial charge on any atom is -0.289 e. The number of nitrogens with zero attached hydrogens (tertiary/aromatic N) is 3. The molecule has 3 heterocycles. The van der Waals surface area contributed by atoms with E-state index in [1.54, 1.807) is 18.5 Å². The van der Waals surface area contributed by atoms with E-state index in [9.17, 15) is 9.18 Å². The SMILES string of the molecule is Cc1ccc(-c2csc3nc(-c4cccnc4)n(CCF)c(=O)c23)cc1. The van der Waals surface area contributed by atoms with Crippen molar-refractivity contribution in [3.63, 3.8) is 0 Å². The molecule has 0 N–H and O–H groups in total. The molecule has 6 heteroatoms. The van der Waals surface area contributed by atoms with Crippen LogP contribution in [0.4, 0.5) is 4.39 Å². The lowest BCUT2D eigenvalue weighted by Gasteiger charge is -2.11. The Labute approximate surface area is 153 Å². The van der Waals surface area contributed by atoms with Crippen molar-refractivity contribution in [3.05, 3.63) is 70.1 Å². The Morgan fingerprint density at radius 2 is 1.96 bits per heavy atom. The smallest absolute Gasteiger partial charge is 0.263 e. The summed E-state index contributed by atoms with van der Waals surface area (Å²) in [5.41, 5.74) is 3.43. The lowest BCUT2D eigenvalue weighted by atomic mass is 10.0. The lowest BCUT2D eigenvalue weighted by molar-refractivity contribution is 0.441. The van der Waals surface area contributed by atoms with E-state index in [1.807, 2.05) is 42.6 Å². The fourth-order valence-corrected chi connectivity index (χ4v) is 3.91. The number of pyridine rings is 1. The van der Waals surface area contributed by atoms with E-state index in [4.69, 9.17) is 0 Å². The second kappa shape index (κ2) is 6.80. The highest BCUT2D eigenvalue weighted by Crippen LogP contribution is 2.32. The van der Waals surface area contributed by atoms with Crippen LogP contribution in [0.1, 0.15) is 5.56 Å². The molecule has 0 aliphatic rings. The highest BCUT2D eigenvalue weighted by molar-refractivity contribution is 7.17. The Balaban J connectivity index is 1.99. The summed E-state index contributed by atoms with van der Waals surface area (Å²) in [5.74, 6) is 0.450. The average molecular weight is 365 g/mol. The van der Waals surface area contributed by atoms with Crippen molar-refractivity contribution in [2.45, 2.75) is 13.5 Å². The number of halogens is 1. The first-order valence-corrected chi connectivity index (χ1v) is 9.12. The van der Waals surface area contributed by atoms with Gasteiger partial charge in [-0.1, -0.05) is 29.8 Å². The van der Waals surface area contributed by atoms with E-state index >= 15 is 0 Å². The molecule has 0 aliphatic carbocycles. The third kappa shape index (κ3) is 2.82. The fourth-order valence-electron chi connectivity index (χ4n) is 2.98. The Morgan fingerprint density at radius 3 is 2.65 bits per heavy atom. The third-order valence-electron chi connectivity index (χ3n) is 4.28. The molecule has 0 radical (unpaired) electrons. The Bertz CT molecular complexity index is 1120. The minimum atomic E-state index is -0.635. The zero-order chi connectivity index (χ0) is 18.1. The summed E-state index contributed by atoms with van der Waals surface area (Å²) >= 11 is 1.42. The second-order valence-electron chi connectivity index (χ2n) is 6.02. The van der Waals surface area contributed by atoms with E-state index in [0.29, 0.717) is 21.6 Å². The quantitative estimate of drug-likeness (QED) is 0.536. The molecular formula is C20H16FN3OS. The maximum absolute atomic E-state index is 13.2. The van der Waals surface area contributed by atoms with Gasteiger partial charge in [0.1, 0.15) is 17.3 Å². The molecule has 26 heavy (non-hydrogen) atoms. The Morgan fingerprint density at radius 1 is 1.15 bits per heavy atom. The summed E-state index contributed by atoms with van der Waals surface area (Å²) in [4.78, 5) is 22.6. The number of hydrogen-bond acceptors (Lipinski definition) is 4. The van der Waals surface area contributed by atoms with Gasteiger partial charge in [0.15, 0.2) is 0 Å². The van der Waals surface area contributed by atoms with Gasteiger partial charge in [-0.2, -0.15) is 0 Å². The van der Waals surface area contributed by atoms with E-state index < -0.39 is 6.67 Å². The van der Waals surface area contributed by atoms with Crippen LogP contribution in [0, 0.1) is 6.92 Å². The number of rotatable bonds is 4. The van der Waals surface area contributed by atoms with Gasteiger partial charge >= 0.3 is 0 Å². The molecule has 0 saturated carbocycles. The van der Waals surface area contributed by atoms with Crippen LogP contribution in [-0.2, 0) is 6.54 Å². The van der Waals surface area contributed by atoms with Gasteiger partial charge in [0, 0.05) is 28.9 Å². The number of alkyl halides is 1. The zero-order valence-corrected chi connectivity index (χ0v) is 15.0. The van der Waals surface area contributed by atoms with Crippen LogP contribution in [0.2, 0.25) is 0 Å². The molecule has 0 spiro atoms. The highest BCUT2D eigenvalue weighted by Gasteiger charge is 2.18. The van der Waals surface area contributed by atoms with E-state index in [-0.39, 0.29) is 12.1 Å². The number of aryl methyl sites for hydroxylation is 1. The van der Waals surface area contributed by atoms with Crippen LogP contribution >= 0.6 is 11.3 Å². The van der Waals surface area contributed by atoms with Gasteiger partial charge in [0.05, 0.1) is 11.9 Å². The minimum absolute atomic E-state index is 0.0326. The van der Waals surface area contributed by atoms with E-state index in [1.165, 1.54) is 15.9 Å². The molecule has 4 nitrogen and oxygen atoms in total. The Kier molecular flexibility index (Phi) is 4.34. The largest absolute Gasteiger partial charge is 0.289 e. The predicted octanol–water partition coefficient (Wildman–Crippen LogP) is 4.46. The maximum atomic E-state index is 13.2. The first-order chi connectivity index (χ1) is 12.7. The number of thiophene rings is 1. The van der Waals surface area contributed by atoms with E-state index in [0.717, 1.165) is 16.7 Å². The molecule has 0 atom stereocenters. The molecule has 0 saturated heterocycles.